The van der Waals surface area contributed by atoms with Crippen LogP contribution in [-0.4, -0.2) is 21.1 Å². The van der Waals surface area contributed by atoms with Gasteiger partial charge in [-0.05, 0) is 13.3 Å². The van der Waals surface area contributed by atoms with E-state index < -0.39 is 7.87 Å². The van der Waals surface area contributed by atoms with Gasteiger partial charge in [0, 0.05) is 18.4 Å². The predicted octanol–water partition coefficient (Wildman–Crippen LogP) is 2.53. The molecule has 0 saturated heterocycles. The third-order valence-electron chi connectivity index (χ3n) is 1.94. The van der Waals surface area contributed by atoms with Crippen LogP contribution < -0.4 is 5.19 Å². The molecule has 0 saturated carbocycles. The second-order valence-electron chi connectivity index (χ2n) is 3.18. The van der Waals surface area contributed by atoms with Crippen molar-refractivity contribution in [2.75, 3.05) is 13.2 Å². The van der Waals surface area contributed by atoms with Gasteiger partial charge in [-0.2, -0.15) is 0 Å². The van der Waals surface area contributed by atoms with E-state index in [4.69, 9.17) is 19.9 Å². The molecule has 1 aromatic carbocycles. The Morgan fingerprint density at radius 2 is 1.80 bits per heavy atom. The first-order chi connectivity index (χ1) is 7.23. The predicted molar refractivity (Wildman–Crippen MR) is 65.6 cm³/mol. The maximum Gasteiger partial charge on any atom is 0.478 e. The molecule has 0 aliphatic carbocycles. The number of benzene rings is 1. The molecule has 1 unspecified atom stereocenters. The Bertz CT molecular complexity index is 281. The van der Waals surface area contributed by atoms with Crippen molar-refractivity contribution in [3.63, 3.8) is 0 Å². The molecular formula is C11H17ClO2Si. The van der Waals surface area contributed by atoms with E-state index in [9.17, 15) is 0 Å². The van der Waals surface area contributed by atoms with Gasteiger partial charge in [0.1, 0.15) is 0 Å². The summed E-state index contributed by atoms with van der Waals surface area (Å²) < 4.78 is 11.3. The van der Waals surface area contributed by atoms with E-state index in [1.54, 1.807) is 0 Å². The Morgan fingerprint density at radius 1 is 1.13 bits per heavy atom. The van der Waals surface area contributed by atoms with Gasteiger partial charge in [0.05, 0.1) is 0 Å². The van der Waals surface area contributed by atoms with E-state index in [2.05, 4.69) is 6.92 Å². The van der Waals surface area contributed by atoms with Gasteiger partial charge in [-0.25, -0.2) is 0 Å². The second kappa shape index (κ2) is 6.28. The minimum absolute atomic E-state index is 0.578. The molecule has 0 bridgehead atoms. The molecule has 1 atom stereocenters. The maximum absolute atomic E-state index is 6.44. The first-order valence-corrected chi connectivity index (χ1v) is 8.08. The van der Waals surface area contributed by atoms with Crippen molar-refractivity contribution in [2.24, 2.45) is 0 Å². The average Bonchev–Trinajstić information content (AvgIpc) is 2.28. The van der Waals surface area contributed by atoms with Crippen LogP contribution in [0.3, 0.4) is 0 Å². The SMILES string of the molecule is CCCO[Si](Cl)(OCC)c1ccccc1. The minimum atomic E-state index is -2.67. The van der Waals surface area contributed by atoms with Crippen molar-refractivity contribution in [3.05, 3.63) is 30.3 Å². The third kappa shape index (κ3) is 3.61. The zero-order valence-corrected chi connectivity index (χ0v) is 11.0. The van der Waals surface area contributed by atoms with Crippen molar-refractivity contribution in [1.82, 2.24) is 0 Å². The summed E-state index contributed by atoms with van der Waals surface area (Å²) in [6.45, 7) is 5.21. The van der Waals surface area contributed by atoms with Gasteiger partial charge < -0.3 is 8.85 Å². The van der Waals surface area contributed by atoms with Crippen molar-refractivity contribution >= 4 is 24.1 Å². The zero-order valence-electron chi connectivity index (χ0n) is 9.20. The Labute approximate surface area is 97.1 Å². The fourth-order valence-corrected chi connectivity index (χ4v) is 4.05. The van der Waals surface area contributed by atoms with E-state index in [-0.39, 0.29) is 0 Å². The van der Waals surface area contributed by atoms with Crippen molar-refractivity contribution in [3.8, 4) is 0 Å². The van der Waals surface area contributed by atoms with E-state index in [1.807, 2.05) is 37.3 Å². The summed E-state index contributed by atoms with van der Waals surface area (Å²) in [5, 5.41) is 0.974. The lowest BCUT2D eigenvalue weighted by molar-refractivity contribution is 0.206. The van der Waals surface area contributed by atoms with E-state index in [0.29, 0.717) is 13.2 Å². The monoisotopic (exact) mass is 244 g/mol. The molecule has 4 heteroatoms. The highest BCUT2D eigenvalue weighted by molar-refractivity contribution is 7.20. The highest BCUT2D eigenvalue weighted by Gasteiger charge is 2.37. The average molecular weight is 245 g/mol. The highest BCUT2D eigenvalue weighted by Crippen LogP contribution is 2.13. The summed E-state index contributed by atoms with van der Waals surface area (Å²) >= 11 is 6.44. The summed E-state index contributed by atoms with van der Waals surface area (Å²) in [5.74, 6) is 0. The highest BCUT2D eigenvalue weighted by atomic mass is 35.6. The lowest BCUT2D eigenvalue weighted by atomic mass is 10.4. The van der Waals surface area contributed by atoms with Crippen LogP contribution in [0.1, 0.15) is 20.3 Å². The van der Waals surface area contributed by atoms with Crippen LogP contribution in [0.15, 0.2) is 30.3 Å². The lowest BCUT2D eigenvalue weighted by Gasteiger charge is -2.23. The van der Waals surface area contributed by atoms with Gasteiger partial charge in [0.15, 0.2) is 0 Å². The largest absolute Gasteiger partial charge is 0.478 e. The first-order valence-electron chi connectivity index (χ1n) is 5.25. The van der Waals surface area contributed by atoms with Crippen LogP contribution >= 0.6 is 11.1 Å². The van der Waals surface area contributed by atoms with Crippen LogP contribution in [0, 0.1) is 0 Å². The molecule has 15 heavy (non-hydrogen) atoms. The summed E-state index contributed by atoms with van der Waals surface area (Å²) in [5.41, 5.74) is 0. The van der Waals surface area contributed by atoms with Crippen LogP contribution in [0.4, 0.5) is 0 Å². The van der Waals surface area contributed by atoms with E-state index >= 15 is 0 Å². The molecule has 0 radical (unpaired) electrons. The number of hydrogen-bond acceptors (Lipinski definition) is 2. The number of halogens is 1. The topological polar surface area (TPSA) is 18.5 Å². The molecule has 0 N–H and O–H groups in total. The molecule has 0 aliphatic heterocycles. The van der Waals surface area contributed by atoms with E-state index in [1.165, 1.54) is 0 Å². The summed E-state index contributed by atoms with van der Waals surface area (Å²) in [7, 11) is -2.67. The Balaban J connectivity index is 2.80. The number of rotatable bonds is 6. The molecule has 0 fully saturated rings. The smallest absolute Gasteiger partial charge is 0.380 e. The molecule has 1 rings (SSSR count). The van der Waals surface area contributed by atoms with Gasteiger partial charge in [-0.3, -0.25) is 0 Å². The molecule has 0 amide bonds. The third-order valence-corrected chi connectivity index (χ3v) is 5.51. The molecule has 2 nitrogen and oxygen atoms in total. The summed E-state index contributed by atoms with van der Waals surface area (Å²) in [6.07, 6.45) is 0.946. The summed E-state index contributed by atoms with van der Waals surface area (Å²) in [4.78, 5) is 0. The second-order valence-corrected chi connectivity index (χ2v) is 6.90. The molecule has 1 aromatic rings. The Kier molecular flexibility index (Phi) is 5.32. The molecule has 84 valence electrons. The van der Waals surface area contributed by atoms with Gasteiger partial charge in [-0.1, -0.05) is 48.3 Å². The van der Waals surface area contributed by atoms with Gasteiger partial charge in [-0.15, -0.1) is 0 Å². The first kappa shape index (κ1) is 12.7. The molecule has 0 aromatic heterocycles. The van der Waals surface area contributed by atoms with Crippen molar-refractivity contribution in [2.45, 2.75) is 20.3 Å². The van der Waals surface area contributed by atoms with Crippen LogP contribution in [0.25, 0.3) is 0 Å². The van der Waals surface area contributed by atoms with Gasteiger partial charge in [0.2, 0.25) is 0 Å². The molecular weight excluding hydrogens is 228 g/mol. The Morgan fingerprint density at radius 3 is 2.33 bits per heavy atom. The van der Waals surface area contributed by atoms with Crippen molar-refractivity contribution in [1.29, 1.82) is 0 Å². The number of hydrogen-bond donors (Lipinski definition) is 0. The standard InChI is InChI=1S/C11H17ClO2Si/c1-3-10-14-15(12,13-4-2)11-8-6-5-7-9-11/h5-9H,3-4,10H2,1-2H3. The lowest BCUT2D eigenvalue weighted by Crippen LogP contribution is -2.49. The fraction of sp³-hybridized carbons (Fsp3) is 0.455. The van der Waals surface area contributed by atoms with Crippen molar-refractivity contribution < 1.29 is 8.85 Å². The quantitative estimate of drug-likeness (QED) is 0.566. The minimum Gasteiger partial charge on any atom is -0.380 e. The Hall–Kier alpha value is -0.353. The maximum atomic E-state index is 6.44. The summed E-state index contributed by atoms with van der Waals surface area (Å²) in [6, 6.07) is 9.79. The van der Waals surface area contributed by atoms with Gasteiger partial charge in [0.25, 0.3) is 0 Å². The molecule has 0 aliphatic rings. The molecule has 0 spiro atoms. The molecule has 0 heterocycles. The van der Waals surface area contributed by atoms with Crippen LogP contribution in [0.2, 0.25) is 0 Å². The van der Waals surface area contributed by atoms with Crippen LogP contribution in [-0.2, 0) is 8.85 Å². The fourth-order valence-electron chi connectivity index (χ4n) is 1.26. The van der Waals surface area contributed by atoms with Gasteiger partial charge >= 0.3 is 7.87 Å². The van der Waals surface area contributed by atoms with E-state index in [0.717, 1.165) is 11.6 Å². The zero-order chi connectivity index (χ0) is 11.1. The van der Waals surface area contributed by atoms with Crippen LogP contribution in [0.5, 0.6) is 0 Å². The normalized spacial score (nSPS) is 14.9.